The molecule has 4 bridgehead atoms. The summed E-state index contributed by atoms with van der Waals surface area (Å²) >= 11 is 6.73. The second-order valence-electron chi connectivity index (χ2n) is 14.5. The van der Waals surface area contributed by atoms with Gasteiger partial charge in [0.25, 0.3) is 5.56 Å². The Morgan fingerprint density at radius 1 is 0.955 bits per heavy atom. The first-order valence-electron chi connectivity index (χ1n) is 16.6. The molecule has 7 heteroatoms. The molecule has 4 aliphatic carbocycles. The lowest BCUT2D eigenvalue weighted by Gasteiger charge is -2.57. The van der Waals surface area contributed by atoms with Crippen molar-refractivity contribution in [1.29, 1.82) is 0 Å². The lowest BCUT2D eigenvalue weighted by Crippen LogP contribution is -2.55. The fourth-order valence-electron chi connectivity index (χ4n) is 9.60. The molecule has 0 amide bonds. The number of hydrogen-bond donors (Lipinski definition) is 1. The topological polar surface area (TPSA) is 63.1 Å². The molecule has 1 N–H and O–H groups in total. The Morgan fingerprint density at radius 3 is 2.30 bits per heavy atom. The maximum atomic E-state index is 14.8. The Kier molecular flexibility index (Phi) is 6.78. The van der Waals surface area contributed by atoms with Gasteiger partial charge in [-0.2, -0.15) is 4.98 Å². The van der Waals surface area contributed by atoms with Gasteiger partial charge in [-0.05, 0) is 124 Å². The number of hydrogen-bond acceptors (Lipinski definition) is 5. The molecule has 2 aromatic carbocycles. The summed E-state index contributed by atoms with van der Waals surface area (Å²) in [5, 5.41) is 5.01. The van der Waals surface area contributed by atoms with Crippen LogP contribution in [-0.4, -0.2) is 27.6 Å². The highest BCUT2D eigenvalue weighted by molar-refractivity contribution is 6.33. The molecule has 1 saturated heterocycles. The first-order chi connectivity index (χ1) is 21.3. The van der Waals surface area contributed by atoms with Gasteiger partial charge in [-0.25, -0.2) is 4.98 Å². The highest BCUT2D eigenvalue weighted by Crippen LogP contribution is 2.59. The van der Waals surface area contributed by atoms with Crippen molar-refractivity contribution >= 4 is 40.0 Å². The van der Waals surface area contributed by atoms with E-state index in [1.54, 1.807) is 0 Å². The molecular weight excluding hydrogens is 566 g/mol. The number of piperidine rings is 1. The molecular formula is C37H42ClN5O. The Balaban J connectivity index is 1.24. The van der Waals surface area contributed by atoms with Crippen LogP contribution >= 0.6 is 11.6 Å². The van der Waals surface area contributed by atoms with Gasteiger partial charge in [0.2, 0.25) is 5.95 Å². The number of pyridine rings is 1. The number of halogens is 1. The van der Waals surface area contributed by atoms with E-state index in [1.165, 1.54) is 43.4 Å². The maximum Gasteiger partial charge on any atom is 0.260 e. The SMILES string of the molecule is Cc1cc(Nc2ncc3c(C)c(-c4ccccc4Cl)c(=O)n(C45CC6CC(CC(C6)C4)C5)c3n2)ccc1N1CCC(C)CC1. The fraction of sp³-hybridized carbons (Fsp3) is 0.486. The molecule has 5 aliphatic rings. The normalized spacial score (nSPS) is 26.5. The van der Waals surface area contributed by atoms with Gasteiger partial charge in [0.15, 0.2) is 0 Å². The van der Waals surface area contributed by atoms with E-state index in [4.69, 9.17) is 21.6 Å². The molecule has 4 aromatic rings. The summed E-state index contributed by atoms with van der Waals surface area (Å²) in [4.78, 5) is 27.3. The van der Waals surface area contributed by atoms with Crippen LogP contribution in [0.3, 0.4) is 0 Å². The molecule has 4 saturated carbocycles. The molecule has 5 fully saturated rings. The van der Waals surface area contributed by atoms with Crippen LogP contribution in [0.5, 0.6) is 0 Å². The van der Waals surface area contributed by atoms with E-state index < -0.39 is 0 Å². The lowest BCUT2D eigenvalue weighted by atomic mass is 9.53. The van der Waals surface area contributed by atoms with Crippen LogP contribution in [0.4, 0.5) is 17.3 Å². The third-order valence-electron chi connectivity index (χ3n) is 11.4. The van der Waals surface area contributed by atoms with Gasteiger partial charge in [-0.15, -0.1) is 0 Å². The Labute approximate surface area is 264 Å². The molecule has 228 valence electrons. The predicted octanol–water partition coefficient (Wildman–Crippen LogP) is 8.63. The molecule has 0 unspecified atom stereocenters. The molecule has 6 nitrogen and oxygen atoms in total. The largest absolute Gasteiger partial charge is 0.371 e. The Hall–Kier alpha value is -3.38. The first-order valence-corrected chi connectivity index (χ1v) is 17.0. The van der Waals surface area contributed by atoms with Gasteiger partial charge < -0.3 is 10.2 Å². The van der Waals surface area contributed by atoms with Gasteiger partial charge in [0, 0.05) is 46.6 Å². The van der Waals surface area contributed by atoms with Crippen molar-refractivity contribution in [1.82, 2.24) is 14.5 Å². The van der Waals surface area contributed by atoms with Gasteiger partial charge in [-0.3, -0.25) is 9.36 Å². The van der Waals surface area contributed by atoms with Crippen molar-refractivity contribution in [2.75, 3.05) is 23.3 Å². The zero-order valence-corrected chi connectivity index (χ0v) is 26.8. The van der Waals surface area contributed by atoms with E-state index in [9.17, 15) is 4.79 Å². The third-order valence-corrected chi connectivity index (χ3v) is 11.7. The quantitative estimate of drug-likeness (QED) is 0.246. The van der Waals surface area contributed by atoms with E-state index in [0.29, 0.717) is 34.3 Å². The molecule has 2 aromatic heterocycles. The zero-order valence-electron chi connectivity index (χ0n) is 26.1. The van der Waals surface area contributed by atoms with E-state index in [1.807, 2.05) is 37.4 Å². The molecule has 44 heavy (non-hydrogen) atoms. The number of rotatable bonds is 5. The summed E-state index contributed by atoms with van der Waals surface area (Å²) < 4.78 is 2.11. The van der Waals surface area contributed by atoms with Crippen LogP contribution < -0.4 is 15.8 Å². The minimum Gasteiger partial charge on any atom is -0.371 e. The van der Waals surface area contributed by atoms with E-state index >= 15 is 0 Å². The number of anilines is 3. The molecule has 9 rings (SSSR count). The monoisotopic (exact) mass is 607 g/mol. The standard InChI is InChI=1S/C37H42ClN5O/c1-22-10-12-42(13-11-22)32-9-8-28(14-23(32)2)40-36-39-21-30-24(3)33(29-6-4-5-7-31(29)38)35(44)43(34(30)41-36)37-18-25-15-26(19-37)17-27(16-25)20-37/h4-9,14,21-22,25-27H,10-13,15-20H2,1-3H3,(H,39,40,41). The molecule has 0 atom stereocenters. The number of nitrogens with one attached hydrogen (secondary N) is 1. The number of nitrogens with zero attached hydrogens (tertiary/aromatic N) is 4. The fourth-order valence-corrected chi connectivity index (χ4v) is 9.83. The average molecular weight is 608 g/mol. The van der Waals surface area contributed by atoms with E-state index in [2.05, 4.69) is 46.8 Å². The Morgan fingerprint density at radius 2 is 1.64 bits per heavy atom. The molecule has 1 aliphatic heterocycles. The highest BCUT2D eigenvalue weighted by atomic mass is 35.5. The van der Waals surface area contributed by atoms with Crippen LogP contribution in [0, 0.1) is 37.5 Å². The number of benzene rings is 2. The van der Waals surface area contributed by atoms with Crippen LogP contribution in [-0.2, 0) is 5.54 Å². The summed E-state index contributed by atoms with van der Waals surface area (Å²) in [7, 11) is 0. The van der Waals surface area contributed by atoms with Crippen LogP contribution in [0.15, 0.2) is 53.5 Å². The molecule has 0 radical (unpaired) electrons. The lowest BCUT2D eigenvalue weighted by molar-refractivity contribution is -0.0426. The minimum absolute atomic E-state index is 0.0331. The van der Waals surface area contributed by atoms with Crippen molar-refractivity contribution in [3.8, 4) is 11.1 Å². The van der Waals surface area contributed by atoms with Gasteiger partial charge in [0.1, 0.15) is 5.65 Å². The van der Waals surface area contributed by atoms with E-state index in [-0.39, 0.29) is 11.1 Å². The van der Waals surface area contributed by atoms with Crippen molar-refractivity contribution in [3.05, 3.63) is 75.2 Å². The summed E-state index contributed by atoms with van der Waals surface area (Å²) in [5.41, 5.74) is 6.45. The summed E-state index contributed by atoms with van der Waals surface area (Å²) in [6.45, 7) is 8.78. The summed E-state index contributed by atoms with van der Waals surface area (Å²) in [5.74, 6) is 3.41. The zero-order chi connectivity index (χ0) is 30.2. The van der Waals surface area contributed by atoms with Gasteiger partial charge in [-0.1, -0.05) is 36.7 Å². The minimum atomic E-state index is -0.205. The van der Waals surface area contributed by atoms with Crippen molar-refractivity contribution in [2.45, 2.75) is 77.7 Å². The van der Waals surface area contributed by atoms with Crippen LogP contribution in [0.2, 0.25) is 5.02 Å². The predicted molar refractivity (Wildman–Crippen MR) is 180 cm³/mol. The second kappa shape index (κ2) is 10.6. The molecule has 3 heterocycles. The average Bonchev–Trinajstić information content (AvgIpc) is 2.98. The highest BCUT2D eigenvalue weighted by Gasteiger charge is 2.53. The van der Waals surface area contributed by atoms with Gasteiger partial charge in [0.05, 0.1) is 11.1 Å². The number of fused-ring (bicyclic) bond motifs is 1. The van der Waals surface area contributed by atoms with Crippen LogP contribution in [0.25, 0.3) is 22.2 Å². The maximum absolute atomic E-state index is 14.8. The third kappa shape index (κ3) is 4.63. The van der Waals surface area contributed by atoms with Gasteiger partial charge >= 0.3 is 0 Å². The Bertz CT molecular complexity index is 1790. The van der Waals surface area contributed by atoms with E-state index in [0.717, 1.165) is 66.1 Å². The second-order valence-corrected chi connectivity index (χ2v) is 14.9. The first kappa shape index (κ1) is 28.1. The number of aromatic nitrogens is 3. The van der Waals surface area contributed by atoms with Crippen molar-refractivity contribution in [3.63, 3.8) is 0 Å². The van der Waals surface area contributed by atoms with Crippen molar-refractivity contribution < 1.29 is 0 Å². The smallest absolute Gasteiger partial charge is 0.260 e. The van der Waals surface area contributed by atoms with Crippen LogP contribution in [0.1, 0.15) is 69.4 Å². The summed E-state index contributed by atoms with van der Waals surface area (Å²) in [6, 6.07) is 14.3. The summed E-state index contributed by atoms with van der Waals surface area (Å²) in [6.07, 6.45) is 11.5. The number of aryl methyl sites for hydroxylation is 2. The molecule has 0 spiro atoms. The van der Waals surface area contributed by atoms with Crippen molar-refractivity contribution in [2.24, 2.45) is 23.7 Å².